The molecule has 0 bridgehead atoms. The summed E-state index contributed by atoms with van der Waals surface area (Å²) in [6, 6.07) is 4.85. The minimum atomic E-state index is -0.911. The van der Waals surface area contributed by atoms with Crippen molar-refractivity contribution in [1.29, 1.82) is 0 Å². The Bertz CT molecular complexity index is 472. The summed E-state index contributed by atoms with van der Waals surface area (Å²) in [5, 5.41) is 14.7. The molecule has 0 aromatic carbocycles. The van der Waals surface area contributed by atoms with Crippen molar-refractivity contribution in [2.45, 2.75) is 39.7 Å². The lowest BCUT2D eigenvalue weighted by Gasteiger charge is -2.27. The fourth-order valence-electron chi connectivity index (χ4n) is 2.08. The van der Waals surface area contributed by atoms with Crippen LogP contribution in [-0.2, 0) is 4.79 Å². The summed E-state index contributed by atoms with van der Waals surface area (Å²) in [5.41, 5.74) is -0.158. The molecule has 116 valence electrons. The molecule has 21 heavy (non-hydrogen) atoms. The van der Waals surface area contributed by atoms with Crippen LogP contribution < -0.4 is 10.6 Å². The largest absolute Gasteiger partial charge is 0.481 e. The summed E-state index contributed by atoms with van der Waals surface area (Å²) in [7, 11) is 0. The van der Waals surface area contributed by atoms with Gasteiger partial charge in [0, 0.05) is 12.7 Å². The van der Waals surface area contributed by atoms with Crippen LogP contribution in [0.1, 0.15) is 45.3 Å². The smallest absolute Gasteiger partial charge is 0.315 e. The highest BCUT2D eigenvalue weighted by molar-refractivity contribution is 5.78. The van der Waals surface area contributed by atoms with Gasteiger partial charge in [-0.2, -0.15) is 0 Å². The number of amides is 2. The fraction of sp³-hybridized carbons (Fsp3) is 0.533. The van der Waals surface area contributed by atoms with Gasteiger partial charge in [0.15, 0.2) is 0 Å². The number of carbonyl (C=O) groups excluding carboxylic acids is 1. The number of nitrogens with zero attached hydrogens (tertiary/aromatic N) is 1. The van der Waals surface area contributed by atoms with Crippen LogP contribution in [-0.4, -0.2) is 28.6 Å². The Labute approximate surface area is 125 Å². The lowest BCUT2D eigenvalue weighted by Crippen LogP contribution is -2.46. The molecule has 6 heteroatoms. The Morgan fingerprint density at radius 3 is 2.48 bits per heavy atom. The van der Waals surface area contributed by atoms with Gasteiger partial charge in [-0.3, -0.25) is 9.78 Å². The Hall–Kier alpha value is -2.11. The Morgan fingerprint density at radius 2 is 2.00 bits per heavy atom. The van der Waals surface area contributed by atoms with Crippen molar-refractivity contribution in [2.24, 2.45) is 5.41 Å². The van der Waals surface area contributed by atoms with Gasteiger partial charge in [0.1, 0.15) is 0 Å². The number of hydrogen-bond acceptors (Lipinski definition) is 3. The number of carboxylic acids is 1. The summed E-state index contributed by atoms with van der Waals surface area (Å²) in [5.74, 6) is -0.884. The standard InChI is InChI=1S/C15H23N3O3/c1-4-15(5-2,13(19)20)10-17-14(21)18-11(3)12-8-6-7-9-16-12/h6-9,11H,4-5,10H2,1-3H3,(H,19,20)(H2,17,18,21). The van der Waals surface area contributed by atoms with Gasteiger partial charge in [-0.25, -0.2) is 4.79 Å². The van der Waals surface area contributed by atoms with Gasteiger partial charge < -0.3 is 15.7 Å². The SMILES string of the molecule is CCC(CC)(CNC(=O)NC(C)c1ccccn1)C(=O)O. The molecule has 0 aliphatic heterocycles. The highest BCUT2D eigenvalue weighted by Crippen LogP contribution is 2.25. The van der Waals surface area contributed by atoms with Crippen LogP contribution in [0.5, 0.6) is 0 Å². The summed E-state index contributed by atoms with van der Waals surface area (Å²) >= 11 is 0. The van der Waals surface area contributed by atoms with Gasteiger partial charge in [-0.15, -0.1) is 0 Å². The molecule has 1 atom stereocenters. The number of aliphatic carboxylic acids is 1. The number of urea groups is 1. The average molecular weight is 293 g/mol. The maximum atomic E-state index is 11.9. The first-order valence-corrected chi connectivity index (χ1v) is 7.14. The van der Waals surface area contributed by atoms with E-state index in [0.717, 1.165) is 5.69 Å². The van der Waals surface area contributed by atoms with E-state index in [1.807, 2.05) is 32.9 Å². The van der Waals surface area contributed by atoms with Crippen molar-refractivity contribution in [3.8, 4) is 0 Å². The minimum Gasteiger partial charge on any atom is -0.481 e. The first kappa shape index (κ1) is 16.9. The van der Waals surface area contributed by atoms with Gasteiger partial charge in [0.2, 0.25) is 0 Å². The molecule has 6 nitrogen and oxygen atoms in total. The van der Waals surface area contributed by atoms with Crippen molar-refractivity contribution >= 4 is 12.0 Å². The number of nitrogens with one attached hydrogen (secondary N) is 2. The molecular formula is C15H23N3O3. The highest BCUT2D eigenvalue weighted by atomic mass is 16.4. The number of hydrogen-bond donors (Lipinski definition) is 3. The molecule has 1 aromatic heterocycles. The van der Waals surface area contributed by atoms with Crippen LogP contribution in [0.3, 0.4) is 0 Å². The summed E-state index contributed by atoms with van der Waals surface area (Å²) in [6.45, 7) is 5.56. The predicted octanol–water partition coefficient (Wildman–Crippen LogP) is 2.33. The third-order valence-electron chi connectivity index (χ3n) is 3.87. The zero-order valence-corrected chi connectivity index (χ0v) is 12.7. The second kappa shape index (κ2) is 7.61. The van der Waals surface area contributed by atoms with Gasteiger partial charge in [0.05, 0.1) is 17.2 Å². The van der Waals surface area contributed by atoms with Crippen LogP contribution in [0.15, 0.2) is 24.4 Å². The average Bonchev–Trinajstić information content (AvgIpc) is 2.49. The summed E-state index contributed by atoms with van der Waals surface area (Å²) in [6.07, 6.45) is 2.60. The topological polar surface area (TPSA) is 91.3 Å². The van der Waals surface area contributed by atoms with E-state index < -0.39 is 11.4 Å². The van der Waals surface area contributed by atoms with E-state index in [9.17, 15) is 14.7 Å². The van der Waals surface area contributed by atoms with E-state index in [-0.39, 0.29) is 18.6 Å². The lowest BCUT2D eigenvalue weighted by atomic mass is 9.82. The summed E-state index contributed by atoms with van der Waals surface area (Å²) < 4.78 is 0. The van der Waals surface area contributed by atoms with Crippen LogP contribution in [0, 0.1) is 5.41 Å². The van der Waals surface area contributed by atoms with Crippen molar-refractivity contribution in [3.63, 3.8) is 0 Å². The van der Waals surface area contributed by atoms with Gasteiger partial charge in [-0.1, -0.05) is 19.9 Å². The number of aromatic nitrogens is 1. The second-order valence-electron chi connectivity index (χ2n) is 5.10. The zero-order valence-electron chi connectivity index (χ0n) is 12.7. The Balaban J connectivity index is 2.56. The molecule has 1 rings (SSSR count). The molecule has 0 radical (unpaired) electrons. The summed E-state index contributed by atoms with van der Waals surface area (Å²) in [4.78, 5) is 27.4. The molecular weight excluding hydrogens is 270 g/mol. The van der Waals surface area contributed by atoms with Crippen molar-refractivity contribution in [2.75, 3.05) is 6.54 Å². The maximum absolute atomic E-state index is 11.9. The molecule has 0 spiro atoms. The van der Waals surface area contributed by atoms with Crippen LogP contribution >= 0.6 is 0 Å². The van der Waals surface area contributed by atoms with Crippen LogP contribution in [0.2, 0.25) is 0 Å². The molecule has 2 amide bonds. The van der Waals surface area contributed by atoms with Gasteiger partial charge in [-0.05, 0) is 31.9 Å². The molecule has 3 N–H and O–H groups in total. The maximum Gasteiger partial charge on any atom is 0.315 e. The Morgan fingerprint density at radius 1 is 1.33 bits per heavy atom. The molecule has 0 fully saturated rings. The first-order chi connectivity index (χ1) is 9.95. The van der Waals surface area contributed by atoms with E-state index in [1.165, 1.54) is 0 Å². The molecule has 0 aliphatic rings. The van der Waals surface area contributed by atoms with E-state index in [4.69, 9.17) is 0 Å². The van der Waals surface area contributed by atoms with Gasteiger partial charge in [0.25, 0.3) is 0 Å². The normalized spacial score (nSPS) is 12.5. The molecule has 0 saturated heterocycles. The van der Waals surface area contributed by atoms with Crippen molar-refractivity contribution < 1.29 is 14.7 Å². The van der Waals surface area contributed by atoms with E-state index >= 15 is 0 Å². The minimum absolute atomic E-state index is 0.107. The number of rotatable bonds is 7. The third-order valence-corrected chi connectivity index (χ3v) is 3.87. The highest BCUT2D eigenvalue weighted by Gasteiger charge is 2.35. The van der Waals surface area contributed by atoms with Crippen molar-refractivity contribution in [3.05, 3.63) is 30.1 Å². The van der Waals surface area contributed by atoms with E-state index in [2.05, 4.69) is 15.6 Å². The second-order valence-corrected chi connectivity index (χ2v) is 5.10. The number of carbonyl (C=O) groups is 2. The van der Waals surface area contributed by atoms with E-state index in [1.54, 1.807) is 12.3 Å². The molecule has 1 unspecified atom stereocenters. The fourth-order valence-corrected chi connectivity index (χ4v) is 2.08. The van der Waals surface area contributed by atoms with Crippen LogP contribution in [0.4, 0.5) is 4.79 Å². The third kappa shape index (κ3) is 4.44. The molecule has 1 heterocycles. The van der Waals surface area contributed by atoms with E-state index in [0.29, 0.717) is 12.8 Å². The van der Waals surface area contributed by atoms with Crippen molar-refractivity contribution in [1.82, 2.24) is 15.6 Å². The zero-order chi connectivity index (χ0) is 15.9. The first-order valence-electron chi connectivity index (χ1n) is 7.14. The quantitative estimate of drug-likeness (QED) is 0.719. The monoisotopic (exact) mass is 293 g/mol. The lowest BCUT2D eigenvalue weighted by molar-refractivity contribution is -0.149. The van der Waals surface area contributed by atoms with Gasteiger partial charge >= 0.3 is 12.0 Å². The molecule has 1 aromatic rings. The molecule has 0 aliphatic carbocycles. The molecule has 0 saturated carbocycles. The number of pyridine rings is 1. The van der Waals surface area contributed by atoms with Crippen LogP contribution in [0.25, 0.3) is 0 Å². The predicted molar refractivity (Wildman–Crippen MR) is 79.8 cm³/mol. The Kier molecular flexibility index (Phi) is 6.14. The number of carboxylic acid groups (broad SMARTS) is 1.